The van der Waals surface area contributed by atoms with E-state index in [-0.39, 0.29) is 5.91 Å². The number of benzene rings is 1. The number of methoxy groups -OCH3 is 2. The Labute approximate surface area is 140 Å². The Balaban J connectivity index is 2.13. The molecule has 0 saturated carbocycles. The molecule has 0 N–H and O–H groups in total. The molecule has 0 bridgehead atoms. The van der Waals surface area contributed by atoms with Crippen molar-refractivity contribution in [2.45, 2.75) is 6.42 Å². The molecule has 0 fully saturated rings. The van der Waals surface area contributed by atoms with E-state index in [1.807, 2.05) is 0 Å². The average Bonchev–Trinajstić information content (AvgIpc) is 3.07. The number of carbonyl (C=O) groups excluding carboxylic acids is 1. The molecule has 2 aromatic rings. The lowest BCUT2D eigenvalue weighted by molar-refractivity contribution is 0.0674. The molecule has 1 aromatic heterocycles. The molecule has 0 saturated heterocycles. The fourth-order valence-electron chi connectivity index (χ4n) is 2.30. The number of para-hydroxylation sites is 1. The van der Waals surface area contributed by atoms with Crippen LogP contribution < -0.4 is 0 Å². The monoisotopic (exact) mass is 335 g/mol. The van der Waals surface area contributed by atoms with E-state index in [1.54, 1.807) is 37.3 Å². The standard InChI is InChI=1S/C17H22FN3O3/c1-23-10-5-8-20(9-11-24-2)17(22)14-12-19-21(13-14)16-7-4-3-6-15(16)18/h3-4,6-7,12-13H,5,8-11H2,1-2H3. The zero-order chi connectivity index (χ0) is 17.4. The van der Waals surface area contributed by atoms with Crippen LogP contribution in [0, 0.1) is 5.82 Å². The topological polar surface area (TPSA) is 56.6 Å². The summed E-state index contributed by atoms with van der Waals surface area (Å²) in [5.74, 6) is -0.554. The lowest BCUT2D eigenvalue weighted by atomic mass is 10.2. The SMILES string of the molecule is COCCCN(CCOC)C(=O)c1cnn(-c2ccccc2F)c1. The zero-order valence-corrected chi connectivity index (χ0v) is 13.9. The lowest BCUT2D eigenvalue weighted by Crippen LogP contribution is -2.35. The van der Waals surface area contributed by atoms with Crippen molar-refractivity contribution >= 4 is 5.91 Å². The molecule has 130 valence electrons. The van der Waals surface area contributed by atoms with Crippen molar-refractivity contribution in [3.63, 3.8) is 0 Å². The van der Waals surface area contributed by atoms with Crippen molar-refractivity contribution in [2.24, 2.45) is 0 Å². The van der Waals surface area contributed by atoms with Crippen LogP contribution in [-0.2, 0) is 9.47 Å². The molecule has 0 atom stereocenters. The molecule has 0 unspecified atom stereocenters. The molecule has 7 heteroatoms. The maximum absolute atomic E-state index is 13.8. The Morgan fingerprint density at radius 2 is 1.96 bits per heavy atom. The van der Waals surface area contributed by atoms with Crippen molar-refractivity contribution in [3.05, 3.63) is 48.0 Å². The highest BCUT2D eigenvalue weighted by atomic mass is 19.1. The first-order valence-electron chi connectivity index (χ1n) is 7.74. The van der Waals surface area contributed by atoms with Crippen LogP contribution in [0.1, 0.15) is 16.8 Å². The van der Waals surface area contributed by atoms with E-state index in [2.05, 4.69) is 5.10 Å². The van der Waals surface area contributed by atoms with Gasteiger partial charge in [-0.25, -0.2) is 9.07 Å². The second kappa shape index (κ2) is 9.14. The van der Waals surface area contributed by atoms with Crippen molar-refractivity contribution in [3.8, 4) is 5.69 Å². The van der Waals surface area contributed by atoms with Gasteiger partial charge in [0.2, 0.25) is 0 Å². The van der Waals surface area contributed by atoms with E-state index >= 15 is 0 Å². The van der Waals surface area contributed by atoms with Gasteiger partial charge in [-0.3, -0.25) is 4.79 Å². The van der Waals surface area contributed by atoms with Crippen LogP contribution >= 0.6 is 0 Å². The summed E-state index contributed by atoms with van der Waals surface area (Å²) >= 11 is 0. The van der Waals surface area contributed by atoms with Crippen LogP contribution in [0.25, 0.3) is 5.69 Å². The third-order valence-corrected chi connectivity index (χ3v) is 3.56. The second-order valence-electron chi connectivity index (χ2n) is 5.26. The molecule has 24 heavy (non-hydrogen) atoms. The molecule has 0 spiro atoms. The summed E-state index contributed by atoms with van der Waals surface area (Å²) < 4.78 is 25.3. The predicted octanol–water partition coefficient (Wildman–Crippen LogP) is 2.14. The van der Waals surface area contributed by atoms with Crippen LogP contribution in [0.15, 0.2) is 36.7 Å². The van der Waals surface area contributed by atoms with Crippen molar-refractivity contribution in [1.29, 1.82) is 0 Å². The minimum absolute atomic E-state index is 0.161. The molecular formula is C17H22FN3O3. The summed E-state index contributed by atoms with van der Waals surface area (Å²) in [7, 11) is 3.22. The van der Waals surface area contributed by atoms with E-state index in [4.69, 9.17) is 9.47 Å². The molecule has 2 rings (SSSR count). The maximum atomic E-state index is 13.8. The number of hydrogen-bond donors (Lipinski definition) is 0. The van der Waals surface area contributed by atoms with Gasteiger partial charge in [-0.2, -0.15) is 5.10 Å². The summed E-state index contributed by atoms with van der Waals surface area (Å²) in [5.41, 5.74) is 0.714. The first kappa shape index (κ1) is 18.1. The highest BCUT2D eigenvalue weighted by molar-refractivity contribution is 5.93. The smallest absolute Gasteiger partial charge is 0.257 e. The normalized spacial score (nSPS) is 10.8. The Kier molecular flexibility index (Phi) is 6.89. The molecular weight excluding hydrogens is 313 g/mol. The van der Waals surface area contributed by atoms with Crippen LogP contribution in [0.2, 0.25) is 0 Å². The first-order chi connectivity index (χ1) is 11.7. The Morgan fingerprint density at radius 1 is 1.21 bits per heavy atom. The Morgan fingerprint density at radius 3 is 2.67 bits per heavy atom. The Bertz CT molecular complexity index is 660. The Hall–Kier alpha value is -2.25. The summed E-state index contributed by atoms with van der Waals surface area (Å²) in [4.78, 5) is 14.3. The van der Waals surface area contributed by atoms with Crippen molar-refractivity contribution in [1.82, 2.24) is 14.7 Å². The summed E-state index contributed by atoms with van der Waals surface area (Å²) in [6, 6.07) is 6.29. The number of ether oxygens (including phenoxy) is 2. The average molecular weight is 335 g/mol. The quantitative estimate of drug-likeness (QED) is 0.659. The van der Waals surface area contributed by atoms with Gasteiger partial charge in [0.15, 0.2) is 0 Å². The fourth-order valence-corrected chi connectivity index (χ4v) is 2.30. The third kappa shape index (κ3) is 4.62. The second-order valence-corrected chi connectivity index (χ2v) is 5.26. The highest BCUT2D eigenvalue weighted by Gasteiger charge is 2.18. The molecule has 1 aromatic carbocycles. The minimum Gasteiger partial charge on any atom is -0.385 e. The van der Waals surface area contributed by atoms with Crippen LogP contribution in [0.3, 0.4) is 0 Å². The fraction of sp³-hybridized carbons (Fsp3) is 0.412. The van der Waals surface area contributed by atoms with E-state index in [0.29, 0.717) is 37.6 Å². The predicted molar refractivity (Wildman–Crippen MR) is 87.8 cm³/mol. The number of carbonyl (C=O) groups is 1. The van der Waals surface area contributed by atoms with E-state index in [0.717, 1.165) is 6.42 Å². The minimum atomic E-state index is -0.393. The van der Waals surface area contributed by atoms with Gasteiger partial charge in [0.25, 0.3) is 5.91 Å². The van der Waals surface area contributed by atoms with E-state index in [9.17, 15) is 9.18 Å². The molecule has 0 aliphatic heterocycles. The number of aromatic nitrogens is 2. The lowest BCUT2D eigenvalue weighted by Gasteiger charge is -2.21. The van der Waals surface area contributed by atoms with Gasteiger partial charge in [-0.05, 0) is 18.6 Å². The molecule has 0 aliphatic rings. The van der Waals surface area contributed by atoms with Gasteiger partial charge in [0, 0.05) is 40.1 Å². The number of nitrogens with zero attached hydrogens (tertiary/aromatic N) is 3. The van der Waals surface area contributed by atoms with Crippen LogP contribution in [-0.4, -0.2) is 61.1 Å². The maximum Gasteiger partial charge on any atom is 0.257 e. The molecule has 6 nitrogen and oxygen atoms in total. The summed E-state index contributed by atoms with van der Waals surface area (Å²) in [6.07, 6.45) is 3.72. The molecule has 0 aliphatic carbocycles. The van der Waals surface area contributed by atoms with Crippen LogP contribution in [0.4, 0.5) is 4.39 Å². The molecule has 0 radical (unpaired) electrons. The molecule has 1 heterocycles. The van der Waals surface area contributed by atoms with Gasteiger partial charge in [-0.15, -0.1) is 0 Å². The molecule has 1 amide bonds. The number of hydrogen-bond acceptors (Lipinski definition) is 4. The largest absolute Gasteiger partial charge is 0.385 e. The first-order valence-corrected chi connectivity index (χ1v) is 7.74. The van der Waals surface area contributed by atoms with Crippen LogP contribution in [0.5, 0.6) is 0 Å². The third-order valence-electron chi connectivity index (χ3n) is 3.56. The van der Waals surface area contributed by atoms with Crippen molar-refractivity contribution in [2.75, 3.05) is 40.5 Å². The summed E-state index contributed by atoms with van der Waals surface area (Å²) in [6.45, 7) is 2.05. The van der Waals surface area contributed by atoms with Gasteiger partial charge in [-0.1, -0.05) is 12.1 Å². The van der Waals surface area contributed by atoms with Crippen molar-refractivity contribution < 1.29 is 18.7 Å². The van der Waals surface area contributed by atoms with Gasteiger partial charge >= 0.3 is 0 Å². The van der Waals surface area contributed by atoms with Gasteiger partial charge in [0.05, 0.1) is 18.4 Å². The summed E-state index contributed by atoms with van der Waals surface area (Å²) in [5, 5.41) is 4.10. The number of rotatable bonds is 9. The van der Waals surface area contributed by atoms with E-state index < -0.39 is 5.82 Å². The van der Waals surface area contributed by atoms with Gasteiger partial charge < -0.3 is 14.4 Å². The van der Waals surface area contributed by atoms with E-state index in [1.165, 1.54) is 23.1 Å². The number of amides is 1. The van der Waals surface area contributed by atoms with Gasteiger partial charge in [0.1, 0.15) is 11.5 Å². The number of halogens is 1. The highest BCUT2D eigenvalue weighted by Crippen LogP contribution is 2.14. The zero-order valence-electron chi connectivity index (χ0n) is 13.9.